The molecule has 1 aliphatic heterocycles. The Morgan fingerprint density at radius 2 is 1.91 bits per heavy atom. The first-order valence-electron chi connectivity index (χ1n) is 11.9. The van der Waals surface area contributed by atoms with Gasteiger partial charge in [-0.25, -0.2) is 4.79 Å². The van der Waals surface area contributed by atoms with Crippen molar-refractivity contribution >= 4 is 12.0 Å². The lowest BCUT2D eigenvalue weighted by atomic mass is 9.96. The van der Waals surface area contributed by atoms with E-state index in [0.717, 1.165) is 41.8 Å². The number of carbonyl (C=O) groups excluding carboxylic acids is 2. The second kappa shape index (κ2) is 10.9. The molecule has 0 N–H and O–H groups in total. The minimum atomic E-state index is -0.524. The van der Waals surface area contributed by atoms with Crippen molar-refractivity contribution in [2.24, 2.45) is 5.92 Å². The molecule has 2 heterocycles. The van der Waals surface area contributed by atoms with Gasteiger partial charge in [0.05, 0.1) is 0 Å². The molecule has 1 aliphatic rings. The Morgan fingerprint density at radius 3 is 2.53 bits per heavy atom. The zero-order chi connectivity index (χ0) is 24.9. The highest BCUT2D eigenvalue weighted by Crippen LogP contribution is 2.28. The monoisotopic (exact) mass is 467 g/mol. The molecular formula is C27H37N3O4. The number of pyridine rings is 1. The molecule has 7 nitrogen and oxygen atoms in total. The van der Waals surface area contributed by atoms with Crippen LogP contribution in [0, 0.1) is 19.8 Å². The van der Waals surface area contributed by atoms with Crippen molar-refractivity contribution in [2.45, 2.75) is 59.7 Å². The van der Waals surface area contributed by atoms with Crippen LogP contribution in [0.2, 0.25) is 0 Å². The molecule has 1 aromatic carbocycles. The lowest BCUT2D eigenvalue weighted by Crippen LogP contribution is -2.45. The molecule has 0 saturated carbocycles. The summed E-state index contributed by atoms with van der Waals surface area (Å²) in [6.07, 6.45) is 5.10. The van der Waals surface area contributed by atoms with E-state index >= 15 is 0 Å². The molecule has 184 valence electrons. The maximum Gasteiger partial charge on any atom is 0.410 e. The van der Waals surface area contributed by atoms with E-state index in [0.29, 0.717) is 25.3 Å². The van der Waals surface area contributed by atoms with E-state index in [4.69, 9.17) is 9.47 Å². The summed E-state index contributed by atoms with van der Waals surface area (Å²) in [5.74, 6) is 1.05. The molecule has 2 aromatic rings. The van der Waals surface area contributed by atoms with Crippen LogP contribution in [0.25, 0.3) is 0 Å². The number of amides is 2. The molecule has 2 amide bonds. The molecule has 34 heavy (non-hydrogen) atoms. The van der Waals surface area contributed by atoms with Crippen molar-refractivity contribution in [2.75, 3.05) is 26.7 Å². The predicted octanol–water partition coefficient (Wildman–Crippen LogP) is 5.00. The first kappa shape index (κ1) is 25.5. The van der Waals surface area contributed by atoms with Gasteiger partial charge in [0.15, 0.2) is 0 Å². The van der Waals surface area contributed by atoms with Crippen LogP contribution >= 0.6 is 0 Å². The quantitative estimate of drug-likeness (QED) is 0.598. The van der Waals surface area contributed by atoms with Crippen molar-refractivity contribution in [1.82, 2.24) is 14.8 Å². The Bertz CT molecular complexity index is 978. The maximum atomic E-state index is 13.3. The average molecular weight is 468 g/mol. The van der Waals surface area contributed by atoms with Gasteiger partial charge in [0.25, 0.3) is 5.91 Å². The number of piperidine rings is 1. The van der Waals surface area contributed by atoms with Crippen molar-refractivity contribution in [3.63, 3.8) is 0 Å². The van der Waals surface area contributed by atoms with E-state index in [1.165, 1.54) is 0 Å². The SMILES string of the molecule is Cc1cc(C(=O)N2CCCC(CN(C)C(=O)OC(C)(C)C)C2)cc(C)c1OCc1cccnc1. The molecule has 0 radical (unpaired) electrons. The van der Waals surface area contributed by atoms with Crippen LogP contribution in [0.3, 0.4) is 0 Å². The number of hydrogen-bond donors (Lipinski definition) is 0. The Balaban J connectivity index is 1.62. The molecule has 1 fully saturated rings. The summed E-state index contributed by atoms with van der Waals surface area (Å²) in [5.41, 5.74) is 3.02. The van der Waals surface area contributed by atoms with E-state index in [1.54, 1.807) is 24.3 Å². The van der Waals surface area contributed by atoms with Gasteiger partial charge in [-0.3, -0.25) is 9.78 Å². The van der Waals surface area contributed by atoms with E-state index in [2.05, 4.69) is 4.98 Å². The minimum absolute atomic E-state index is 0.0228. The van der Waals surface area contributed by atoms with Crippen LogP contribution in [0.5, 0.6) is 5.75 Å². The molecule has 1 aromatic heterocycles. The van der Waals surface area contributed by atoms with Gasteiger partial charge in [0.1, 0.15) is 18.0 Å². The van der Waals surface area contributed by atoms with Crippen molar-refractivity contribution < 1.29 is 19.1 Å². The number of carbonyl (C=O) groups is 2. The number of hydrogen-bond acceptors (Lipinski definition) is 5. The van der Waals surface area contributed by atoms with Crippen LogP contribution in [0.4, 0.5) is 4.79 Å². The first-order chi connectivity index (χ1) is 16.0. The molecule has 0 aliphatic carbocycles. The summed E-state index contributed by atoms with van der Waals surface area (Å²) in [6.45, 7) is 11.9. The van der Waals surface area contributed by atoms with Gasteiger partial charge in [0.2, 0.25) is 0 Å². The maximum absolute atomic E-state index is 13.3. The minimum Gasteiger partial charge on any atom is -0.488 e. The number of likely N-dealkylation sites (tertiary alicyclic amines) is 1. The summed E-state index contributed by atoms with van der Waals surface area (Å²) in [5, 5.41) is 0. The van der Waals surface area contributed by atoms with Gasteiger partial charge >= 0.3 is 6.09 Å². The second-order valence-corrected chi connectivity index (χ2v) is 10.2. The van der Waals surface area contributed by atoms with E-state index in [9.17, 15) is 9.59 Å². The van der Waals surface area contributed by atoms with Gasteiger partial charge in [-0.15, -0.1) is 0 Å². The highest BCUT2D eigenvalue weighted by molar-refractivity contribution is 5.95. The van der Waals surface area contributed by atoms with Gasteiger partial charge in [-0.2, -0.15) is 0 Å². The topological polar surface area (TPSA) is 72.0 Å². The Hall–Kier alpha value is -3.09. The summed E-state index contributed by atoms with van der Waals surface area (Å²) in [7, 11) is 1.76. The summed E-state index contributed by atoms with van der Waals surface area (Å²) in [6, 6.07) is 7.68. The fourth-order valence-corrected chi connectivity index (χ4v) is 4.32. The van der Waals surface area contributed by atoms with Gasteiger partial charge in [-0.1, -0.05) is 6.07 Å². The third-order valence-electron chi connectivity index (χ3n) is 5.86. The largest absolute Gasteiger partial charge is 0.488 e. The predicted molar refractivity (Wildman–Crippen MR) is 132 cm³/mol. The van der Waals surface area contributed by atoms with Crippen molar-refractivity contribution in [3.05, 3.63) is 58.9 Å². The lowest BCUT2D eigenvalue weighted by Gasteiger charge is -2.35. The molecule has 1 atom stereocenters. The van der Waals surface area contributed by atoms with Gasteiger partial charge in [-0.05, 0) is 82.7 Å². The second-order valence-electron chi connectivity index (χ2n) is 10.2. The van der Waals surface area contributed by atoms with Crippen LogP contribution in [0.1, 0.15) is 60.7 Å². The molecule has 0 spiro atoms. The molecule has 0 bridgehead atoms. The van der Waals surface area contributed by atoms with E-state index in [-0.39, 0.29) is 17.9 Å². The molecule has 3 rings (SSSR count). The number of benzene rings is 1. The third-order valence-corrected chi connectivity index (χ3v) is 5.86. The third kappa shape index (κ3) is 6.95. The smallest absolute Gasteiger partial charge is 0.410 e. The highest BCUT2D eigenvalue weighted by atomic mass is 16.6. The van der Waals surface area contributed by atoms with Crippen molar-refractivity contribution in [1.29, 1.82) is 0 Å². The number of ether oxygens (including phenoxy) is 2. The number of rotatable bonds is 6. The molecular weight excluding hydrogens is 430 g/mol. The normalized spacial score (nSPS) is 16.2. The Labute approximate surface area is 203 Å². The summed E-state index contributed by atoms with van der Waals surface area (Å²) >= 11 is 0. The van der Waals surface area contributed by atoms with Crippen LogP contribution in [0.15, 0.2) is 36.7 Å². The summed E-state index contributed by atoms with van der Waals surface area (Å²) in [4.78, 5) is 33.3. The lowest BCUT2D eigenvalue weighted by molar-refractivity contribution is 0.0244. The Kier molecular flexibility index (Phi) is 8.18. The van der Waals surface area contributed by atoms with Crippen molar-refractivity contribution in [3.8, 4) is 5.75 Å². The number of nitrogens with zero attached hydrogens (tertiary/aromatic N) is 3. The molecule has 1 unspecified atom stereocenters. The molecule has 7 heteroatoms. The number of aromatic nitrogens is 1. The van der Waals surface area contributed by atoms with Gasteiger partial charge in [0, 0.05) is 50.2 Å². The van der Waals surface area contributed by atoms with E-state index < -0.39 is 5.60 Å². The van der Waals surface area contributed by atoms with Crippen LogP contribution in [-0.4, -0.2) is 59.1 Å². The van der Waals surface area contributed by atoms with E-state index in [1.807, 2.05) is 63.8 Å². The molecule has 1 saturated heterocycles. The van der Waals surface area contributed by atoms with Crippen LogP contribution in [-0.2, 0) is 11.3 Å². The fraction of sp³-hybridized carbons (Fsp3) is 0.519. The summed E-state index contributed by atoms with van der Waals surface area (Å²) < 4.78 is 11.5. The zero-order valence-electron chi connectivity index (χ0n) is 21.3. The average Bonchev–Trinajstić information content (AvgIpc) is 2.77. The Morgan fingerprint density at radius 1 is 1.21 bits per heavy atom. The first-order valence-corrected chi connectivity index (χ1v) is 11.9. The highest BCUT2D eigenvalue weighted by Gasteiger charge is 2.28. The van der Waals surface area contributed by atoms with Gasteiger partial charge < -0.3 is 19.3 Å². The fourth-order valence-electron chi connectivity index (χ4n) is 4.32. The van der Waals surface area contributed by atoms with Crippen LogP contribution < -0.4 is 4.74 Å². The number of aryl methyl sites for hydroxylation is 2. The zero-order valence-corrected chi connectivity index (χ0v) is 21.3. The standard InChI is InChI=1S/C27H37N3O4/c1-19-13-23(14-20(2)24(19)33-18-21-9-7-11-28-15-21)25(31)30-12-8-10-22(17-30)16-29(6)26(32)34-27(3,4)5/h7,9,11,13-15,22H,8,10,12,16-18H2,1-6H3.